The van der Waals surface area contributed by atoms with E-state index in [2.05, 4.69) is 43.1 Å². The molecule has 1 aliphatic rings. The molecule has 7 heteroatoms. The summed E-state index contributed by atoms with van der Waals surface area (Å²) in [6.45, 7) is 7.38. The summed E-state index contributed by atoms with van der Waals surface area (Å²) in [5.41, 5.74) is 1.99. The minimum atomic E-state index is -0.0669. The molecule has 0 spiro atoms. The summed E-state index contributed by atoms with van der Waals surface area (Å²) >= 11 is 1.59. The molecule has 0 fully saturated rings. The van der Waals surface area contributed by atoms with Crippen molar-refractivity contribution in [2.75, 3.05) is 17.3 Å². The number of hydrogen-bond acceptors (Lipinski definition) is 5. The monoisotopic (exact) mass is 408 g/mol. The zero-order chi connectivity index (χ0) is 20.4. The molecule has 150 valence electrons. The van der Waals surface area contributed by atoms with Gasteiger partial charge in [-0.25, -0.2) is 9.69 Å². The van der Waals surface area contributed by atoms with Crippen molar-refractivity contribution in [2.45, 2.75) is 37.9 Å². The number of amides is 1. The van der Waals surface area contributed by atoms with Crippen LogP contribution in [0.5, 0.6) is 5.75 Å². The number of benzene rings is 2. The molecule has 2 heterocycles. The van der Waals surface area contributed by atoms with Crippen LogP contribution in [0.15, 0.2) is 59.8 Å². The second kappa shape index (κ2) is 7.91. The number of rotatable bonds is 4. The third kappa shape index (κ3) is 4.15. The summed E-state index contributed by atoms with van der Waals surface area (Å²) in [7, 11) is 0. The van der Waals surface area contributed by atoms with E-state index >= 15 is 0 Å². The van der Waals surface area contributed by atoms with E-state index in [1.54, 1.807) is 21.4 Å². The third-order valence-electron chi connectivity index (χ3n) is 4.80. The number of carbonyl (C=O) groups excluding carboxylic acids is 1. The molecule has 2 aromatic carbocycles. The molecule has 0 N–H and O–H groups in total. The normalized spacial score (nSPS) is 13.8. The van der Waals surface area contributed by atoms with Crippen LogP contribution in [0.4, 0.5) is 0 Å². The second-order valence-corrected chi connectivity index (χ2v) is 8.98. The predicted molar refractivity (Wildman–Crippen MR) is 114 cm³/mol. The summed E-state index contributed by atoms with van der Waals surface area (Å²) in [5.74, 6) is 2.09. The van der Waals surface area contributed by atoms with Crippen molar-refractivity contribution in [3.05, 3.63) is 71.5 Å². The van der Waals surface area contributed by atoms with E-state index in [0.717, 1.165) is 11.5 Å². The van der Waals surface area contributed by atoms with Gasteiger partial charge in [0.05, 0.1) is 6.54 Å². The van der Waals surface area contributed by atoms with Gasteiger partial charge in [-0.2, -0.15) is 0 Å². The van der Waals surface area contributed by atoms with E-state index in [-0.39, 0.29) is 17.9 Å². The fourth-order valence-corrected chi connectivity index (χ4v) is 4.03. The topological polar surface area (TPSA) is 60.3 Å². The van der Waals surface area contributed by atoms with E-state index in [0.29, 0.717) is 23.1 Å². The summed E-state index contributed by atoms with van der Waals surface area (Å²) in [6, 6.07) is 17.4. The zero-order valence-corrected chi connectivity index (χ0v) is 17.6. The van der Waals surface area contributed by atoms with Crippen molar-refractivity contribution >= 4 is 17.7 Å². The molecule has 0 radical (unpaired) electrons. The van der Waals surface area contributed by atoms with E-state index in [1.807, 2.05) is 42.5 Å². The minimum absolute atomic E-state index is 0.0669. The highest BCUT2D eigenvalue weighted by molar-refractivity contribution is 7.99. The van der Waals surface area contributed by atoms with Gasteiger partial charge in [0.25, 0.3) is 5.91 Å². The lowest BCUT2D eigenvalue weighted by Crippen LogP contribution is -2.45. The standard InChI is InChI=1S/C22H24N4O2S/c1-22(2,3)17-9-11-18(12-10-17)28-15-19-23-24-21-26(19)25(13-14-29-21)20(27)16-7-5-4-6-8-16/h4-12H,13-15H2,1-3H3. The SMILES string of the molecule is CC(C)(C)c1ccc(OCc2nnc3n2N(C(=O)c2ccccc2)CCS3)cc1. The first kappa shape index (κ1) is 19.5. The van der Waals surface area contributed by atoms with Gasteiger partial charge in [-0.1, -0.05) is 62.9 Å². The van der Waals surface area contributed by atoms with Crippen LogP contribution < -0.4 is 9.75 Å². The van der Waals surface area contributed by atoms with Crippen LogP contribution in [0.1, 0.15) is 42.5 Å². The van der Waals surface area contributed by atoms with Gasteiger partial charge in [0, 0.05) is 11.3 Å². The predicted octanol–water partition coefficient (Wildman–Crippen LogP) is 4.04. The maximum atomic E-state index is 13.0. The molecule has 1 amide bonds. The lowest BCUT2D eigenvalue weighted by molar-refractivity contribution is 0.0953. The highest BCUT2D eigenvalue weighted by Crippen LogP contribution is 2.26. The highest BCUT2D eigenvalue weighted by Gasteiger charge is 2.28. The second-order valence-electron chi connectivity index (χ2n) is 7.92. The lowest BCUT2D eigenvalue weighted by atomic mass is 9.87. The Morgan fingerprint density at radius 1 is 1.07 bits per heavy atom. The minimum Gasteiger partial charge on any atom is -0.486 e. The molecule has 1 aromatic heterocycles. The van der Waals surface area contributed by atoms with Crippen LogP contribution in [0.2, 0.25) is 0 Å². The molecular formula is C22H24N4O2S. The van der Waals surface area contributed by atoms with Crippen molar-refractivity contribution in [2.24, 2.45) is 0 Å². The van der Waals surface area contributed by atoms with Crippen LogP contribution in [-0.4, -0.2) is 33.1 Å². The van der Waals surface area contributed by atoms with Crippen LogP contribution >= 0.6 is 11.8 Å². The van der Waals surface area contributed by atoms with Gasteiger partial charge in [-0.15, -0.1) is 10.2 Å². The highest BCUT2D eigenvalue weighted by atomic mass is 32.2. The smallest absolute Gasteiger partial charge is 0.272 e. The molecule has 6 nitrogen and oxygen atoms in total. The van der Waals surface area contributed by atoms with Gasteiger partial charge >= 0.3 is 0 Å². The summed E-state index contributed by atoms with van der Waals surface area (Å²) in [5, 5.41) is 10.9. The fourth-order valence-electron chi connectivity index (χ4n) is 3.16. The number of hydrogen-bond donors (Lipinski definition) is 0. The van der Waals surface area contributed by atoms with Crippen molar-refractivity contribution in [1.82, 2.24) is 14.9 Å². The first-order valence-electron chi connectivity index (χ1n) is 9.61. The Morgan fingerprint density at radius 2 is 1.79 bits per heavy atom. The molecule has 0 bridgehead atoms. The Hall–Kier alpha value is -2.80. The third-order valence-corrected chi connectivity index (χ3v) is 5.70. The van der Waals surface area contributed by atoms with Gasteiger partial charge in [-0.05, 0) is 35.2 Å². The number of nitrogens with zero attached hydrogens (tertiary/aromatic N) is 4. The van der Waals surface area contributed by atoms with E-state index in [9.17, 15) is 4.79 Å². The van der Waals surface area contributed by atoms with Crippen molar-refractivity contribution in [3.8, 4) is 5.75 Å². The Bertz CT molecular complexity index is 994. The number of thioether (sulfide) groups is 1. The van der Waals surface area contributed by atoms with Crippen molar-refractivity contribution < 1.29 is 9.53 Å². The van der Waals surface area contributed by atoms with Crippen LogP contribution in [0.3, 0.4) is 0 Å². The Kier molecular flexibility index (Phi) is 5.32. The molecule has 0 unspecified atom stereocenters. The summed E-state index contributed by atoms with van der Waals surface area (Å²) in [4.78, 5) is 13.0. The Balaban J connectivity index is 1.53. The van der Waals surface area contributed by atoms with Crippen LogP contribution in [-0.2, 0) is 12.0 Å². The van der Waals surface area contributed by atoms with Crippen LogP contribution in [0.25, 0.3) is 0 Å². The molecule has 0 aliphatic carbocycles. The van der Waals surface area contributed by atoms with Crippen molar-refractivity contribution in [1.29, 1.82) is 0 Å². The molecule has 0 saturated carbocycles. The summed E-state index contributed by atoms with van der Waals surface area (Å²) < 4.78 is 7.73. The quantitative estimate of drug-likeness (QED) is 0.652. The molecule has 3 aromatic rings. The number of aromatic nitrogens is 3. The maximum Gasteiger partial charge on any atom is 0.272 e. The van der Waals surface area contributed by atoms with Gasteiger partial charge in [0.1, 0.15) is 12.4 Å². The number of carbonyl (C=O) groups is 1. The molecule has 29 heavy (non-hydrogen) atoms. The Labute approximate surface area is 174 Å². The molecule has 4 rings (SSSR count). The largest absolute Gasteiger partial charge is 0.486 e. The van der Waals surface area contributed by atoms with Gasteiger partial charge in [-0.3, -0.25) is 4.79 Å². The average Bonchev–Trinajstić information content (AvgIpc) is 3.15. The molecule has 1 aliphatic heterocycles. The van der Waals surface area contributed by atoms with E-state index in [4.69, 9.17) is 4.74 Å². The van der Waals surface area contributed by atoms with Gasteiger partial charge in [0.2, 0.25) is 5.16 Å². The lowest BCUT2D eigenvalue weighted by Gasteiger charge is -2.29. The molecule has 0 atom stereocenters. The fraction of sp³-hybridized carbons (Fsp3) is 0.318. The number of fused-ring (bicyclic) bond motifs is 1. The first-order valence-corrected chi connectivity index (χ1v) is 10.6. The van der Waals surface area contributed by atoms with Gasteiger partial charge in [0.15, 0.2) is 5.82 Å². The Morgan fingerprint density at radius 3 is 2.48 bits per heavy atom. The maximum absolute atomic E-state index is 13.0. The zero-order valence-electron chi connectivity index (χ0n) is 16.8. The van der Waals surface area contributed by atoms with Gasteiger partial charge < -0.3 is 4.74 Å². The van der Waals surface area contributed by atoms with Crippen molar-refractivity contribution in [3.63, 3.8) is 0 Å². The summed E-state index contributed by atoms with van der Waals surface area (Å²) in [6.07, 6.45) is 0. The number of ether oxygens (including phenoxy) is 1. The van der Waals surface area contributed by atoms with E-state index < -0.39 is 0 Å². The van der Waals surface area contributed by atoms with E-state index in [1.165, 1.54) is 5.56 Å². The molecular weight excluding hydrogens is 384 g/mol. The molecule has 0 saturated heterocycles. The van der Waals surface area contributed by atoms with Crippen LogP contribution in [0, 0.1) is 0 Å². The average molecular weight is 409 g/mol. The first-order chi connectivity index (χ1) is 13.9.